The maximum atomic E-state index is 12.2. The van der Waals surface area contributed by atoms with Gasteiger partial charge < -0.3 is 4.74 Å². The lowest BCUT2D eigenvalue weighted by atomic mass is 10.2. The highest BCUT2D eigenvalue weighted by atomic mass is 32.2. The van der Waals surface area contributed by atoms with Crippen molar-refractivity contribution in [1.82, 2.24) is 4.72 Å². The molecule has 1 aliphatic rings. The molecule has 1 aromatic rings. The van der Waals surface area contributed by atoms with Gasteiger partial charge in [0.05, 0.1) is 23.0 Å². The van der Waals surface area contributed by atoms with E-state index in [2.05, 4.69) is 4.72 Å². The number of rotatable bonds is 5. The molecule has 0 aliphatic carbocycles. The first-order chi connectivity index (χ1) is 9.32. The minimum atomic E-state index is -3.70. The molecule has 0 saturated carbocycles. The third-order valence-electron chi connectivity index (χ3n) is 3.07. The molecule has 0 amide bonds. The van der Waals surface area contributed by atoms with Gasteiger partial charge in [0.2, 0.25) is 10.0 Å². The second kappa shape index (κ2) is 5.80. The zero-order chi connectivity index (χ0) is 14.8. The Bertz CT molecular complexity index is 682. The topological polar surface area (TPSA) is 89.5 Å². The lowest BCUT2D eigenvalue weighted by molar-refractivity contribution is 0.184. The van der Waals surface area contributed by atoms with Crippen molar-refractivity contribution < 1.29 is 21.6 Å². The van der Waals surface area contributed by atoms with E-state index in [0.717, 1.165) is 5.56 Å². The highest BCUT2D eigenvalue weighted by Gasteiger charge is 2.31. The minimum absolute atomic E-state index is 0.0316. The molecule has 0 radical (unpaired) electrons. The largest absolute Gasteiger partial charge is 0.380 e. The molecular weight excluding hydrogens is 302 g/mol. The third-order valence-corrected chi connectivity index (χ3v) is 6.36. The number of benzene rings is 1. The van der Waals surface area contributed by atoms with Crippen LogP contribution >= 0.6 is 0 Å². The first-order valence-corrected chi connectivity index (χ1v) is 9.43. The predicted octanol–water partition coefficient (Wildman–Crippen LogP) is 0.298. The van der Waals surface area contributed by atoms with E-state index >= 15 is 0 Å². The third kappa shape index (κ3) is 3.78. The lowest BCUT2D eigenvalue weighted by Crippen LogP contribution is -2.35. The first kappa shape index (κ1) is 15.4. The van der Waals surface area contributed by atoms with Crippen LogP contribution in [0.2, 0.25) is 0 Å². The van der Waals surface area contributed by atoms with Crippen LogP contribution in [-0.4, -0.2) is 41.5 Å². The van der Waals surface area contributed by atoms with Crippen LogP contribution in [0.15, 0.2) is 29.2 Å². The predicted molar refractivity (Wildman–Crippen MR) is 74.5 cm³/mol. The van der Waals surface area contributed by atoms with E-state index in [1.165, 1.54) is 19.2 Å². The fraction of sp³-hybridized carbons (Fsp3) is 0.500. The summed E-state index contributed by atoms with van der Waals surface area (Å²) in [6, 6.07) is 5.85. The van der Waals surface area contributed by atoms with Gasteiger partial charge in [0.15, 0.2) is 9.84 Å². The van der Waals surface area contributed by atoms with Crippen molar-refractivity contribution in [2.45, 2.75) is 24.0 Å². The molecule has 0 bridgehead atoms. The molecule has 1 unspecified atom stereocenters. The van der Waals surface area contributed by atoms with Gasteiger partial charge in [0.25, 0.3) is 0 Å². The molecule has 8 heteroatoms. The fourth-order valence-electron chi connectivity index (χ4n) is 2.14. The summed E-state index contributed by atoms with van der Waals surface area (Å²) in [6.07, 6.45) is 0.319. The lowest BCUT2D eigenvalue weighted by Gasteiger charge is -2.12. The second-order valence-electron chi connectivity index (χ2n) is 4.80. The Morgan fingerprint density at radius 2 is 2.15 bits per heavy atom. The molecule has 1 N–H and O–H groups in total. The van der Waals surface area contributed by atoms with Crippen LogP contribution in [0.5, 0.6) is 0 Å². The molecule has 2 rings (SSSR count). The maximum Gasteiger partial charge on any atom is 0.240 e. The Kier molecular flexibility index (Phi) is 4.48. The van der Waals surface area contributed by atoms with Crippen LogP contribution in [-0.2, 0) is 31.2 Å². The van der Waals surface area contributed by atoms with Crippen molar-refractivity contribution in [2.24, 2.45) is 0 Å². The quantitative estimate of drug-likeness (QED) is 0.843. The molecule has 20 heavy (non-hydrogen) atoms. The number of methoxy groups -OCH3 is 1. The Morgan fingerprint density at radius 3 is 2.75 bits per heavy atom. The van der Waals surface area contributed by atoms with E-state index in [1.807, 2.05) is 0 Å². The summed E-state index contributed by atoms with van der Waals surface area (Å²) in [5.41, 5.74) is 0.745. The highest BCUT2D eigenvalue weighted by Crippen LogP contribution is 2.17. The number of hydrogen-bond acceptors (Lipinski definition) is 5. The van der Waals surface area contributed by atoms with Crippen LogP contribution in [0.3, 0.4) is 0 Å². The van der Waals surface area contributed by atoms with Gasteiger partial charge in [0.1, 0.15) is 0 Å². The number of hydrogen-bond donors (Lipinski definition) is 1. The molecule has 112 valence electrons. The van der Waals surface area contributed by atoms with E-state index in [0.29, 0.717) is 13.0 Å². The molecule has 0 aromatic heterocycles. The Morgan fingerprint density at radius 1 is 1.40 bits per heavy atom. The van der Waals surface area contributed by atoms with Gasteiger partial charge in [-0.3, -0.25) is 0 Å². The van der Waals surface area contributed by atoms with Crippen molar-refractivity contribution in [3.63, 3.8) is 0 Å². The molecule has 1 heterocycles. The summed E-state index contributed by atoms with van der Waals surface area (Å²) < 4.78 is 54.5. The van der Waals surface area contributed by atoms with Gasteiger partial charge in [-0.15, -0.1) is 0 Å². The molecule has 1 atom stereocenters. The number of sulfone groups is 1. The van der Waals surface area contributed by atoms with Gasteiger partial charge in [-0.2, -0.15) is 0 Å². The Balaban J connectivity index is 2.16. The zero-order valence-corrected chi connectivity index (χ0v) is 12.7. The van der Waals surface area contributed by atoms with Gasteiger partial charge in [0, 0.05) is 13.2 Å². The minimum Gasteiger partial charge on any atom is -0.380 e. The average molecular weight is 319 g/mol. The van der Waals surface area contributed by atoms with E-state index < -0.39 is 25.9 Å². The van der Waals surface area contributed by atoms with Crippen molar-refractivity contribution in [3.8, 4) is 0 Å². The summed E-state index contributed by atoms with van der Waals surface area (Å²) in [4.78, 5) is 0.122. The van der Waals surface area contributed by atoms with Gasteiger partial charge in [-0.1, -0.05) is 12.1 Å². The standard InChI is InChI=1S/C12H17NO5S2/c1-18-8-10-3-2-4-12(7-10)20(16,17)13-11-5-6-19(14,15)9-11/h2-4,7,11,13H,5-6,8-9H2,1H3. The van der Waals surface area contributed by atoms with Crippen molar-refractivity contribution >= 4 is 19.9 Å². The van der Waals surface area contributed by atoms with Crippen LogP contribution in [0.25, 0.3) is 0 Å². The zero-order valence-electron chi connectivity index (χ0n) is 11.1. The molecule has 0 spiro atoms. The van der Waals surface area contributed by atoms with Crippen LogP contribution in [0, 0.1) is 0 Å². The van der Waals surface area contributed by atoms with E-state index in [-0.39, 0.29) is 16.4 Å². The van der Waals surface area contributed by atoms with Crippen molar-refractivity contribution in [2.75, 3.05) is 18.6 Å². The van der Waals surface area contributed by atoms with Crippen LogP contribution in [0.4, 0.5) is 0 Å². The normalized spacial score (nSPS) is 21.9. The molecular formula is C12H17NO5S2. The van der Waals surface area contributed by atoms with Gasteiger partial charge >= 0.3 is 0 Å². The second-order valence-corrected chi connectivity index (χ2v) is 8.74. The van der Waals surface area contributed by atoms with Crippen molar-refractivity contribution in [1.29, 1.82) is 0 Å². The summed E-state index contributed by atoms with van der Waals surface area (Å²) in [5, 5.41) is 0. The number of ether oxygens (including phenoxy) is 1. The first-order valence-electron chi connectivity index (χ1n) is 6.13. The van der Waals surface area contributed by atoms with E-state index in [4.69, 9.17) is 4.74 Å². The smallest absolute Gasteiger partial charge is 0.240 e. The van der Waals surface area contributed by atoms with Crippen LogP contribution in [0.1, 0.15) is 12.0 Å². The maximum absolute atomic E-state index is 12.2. The fourth-order valence-corrected chi connectivity index (χ4v) is 5.26. The summed E-state index contributed by atoms with van der Waals surface area (Å²) >= 11 is 0. The molecule has 6 nitrogen and oxygen atoms in total. The average Bonchev–Trinajstić information content (AvgIpc) is 2.69. The number of sulfonamides is 1. The molecule has 1 fully saturated rings. The monoisotopic (exact) mass is 319 g/mol. The van der Waals surface area contributed by atoms with Crippen molar-refractivity contribution in [3.05, 3.63) is 29.8 Å². The number of nitrogens with one attached hydrogen (secondary N) is 1. The summed E-state index contributed by atoms with van der Waals surface area (Å²) in [6.45, 7) is 0.321. The SMILES string of the molecule is COCc1cccc(S(=O)(=O)NC2CCS(=O)(=O)C2)c1. The van der Waals surface area contributed by atoms with E-state index in [9.17, 15) is 16.8 Å². The molecule has 1 saturated heterocycles. The Labute approximate surface area is 119 Å². The van der Waals surface area contributed by atoms with Gasteiger partial charge in [-0.25, -0.2) is 21.6 Å². The van der Waals surface area contributed by atoms with E-state index in [1.54, 1.807) is 12.1 Å². The van der Waals surface area contributed by atoms with Gasteiger partial charge in [-0.05, 0) is 24.1 Å². The Hall–Kier alpha value is -0.960. The summed E-state index contributed by atoms with van der Waals surface area (Å²) in [5.74, 6) is -0.103. The summed E-state index contributed by atoms with van der Waals surface area (Å²) in [7, 11) is -5.29. The molecule has 1 aliphatic heterocycles. The van der Waals surface area contributed by atoms with Crippen LogP contribution < -0.4 is 4.72 Å². The highest BCUT2D eigenvalue weighted by molar-refractivity contribution is 7.92. The molecule has 1 aromatic carbocycles.